The van der Waals surface area contributed by atoms with Gasteiger partial charge in [0.1, 0.15) is 0 Å². The van der Waals surface area contributed by atoms with Gasteiger partial charge in [0.05, 0.1) is 5.92 Å². The van der Waals surface area contributed by atoms with E-state index in [1.165, 1.54) is 5.56 Å². The lowest BCUT2D eigenvalue weighted by Crippen LogP contribution is -2.47. The zero-order chi connectivity index (χ0) is 23.4. The fourth-order valence-electron chi connectivity index (χ4n) is 4.87. The number of rotatable bonds is 9. The van der Waals surface area contributed by atoms with Crippen LogP contribution in [0.4, 0.5) is 0 Å². The van der Waals surface area contributed by atoms with Crippen LogP contribution in [0.25, 0.3) is 0 Å². The molecule has 1 aromatic heterocycles. The fourth-order valence-corrected chi connectivity index (χ4v) is 5.46. The van der Waals surface area contributed by atoms with Gasteiger partial charge in [-0.05, 0) is 79.5 Å². The number of carbonyl (C=O) groups is 1. The molecule has 7 heteroatoms. The molecule has 2 aromatic rings. The summed E-state index contributed by atoms with van der Waals surface area (Å²) in [5, 5.41) is 3.42. The van der Waals surface area contributed by atoms with E-state index in [0.29, 0.717) is 19.1 Å². The average Bonchev–Trinajstić information content (AvgIpc) is 3.64. The van der Waals surface area contributed by atoms with Gasteiger partial charge in [0.2, 0.25) is 5.91 Å². The number of carbonyl (C=O) groups excluding carboxylic acids is 1. The maximum atomic E-state index is 13.9. The maximum absolute atomic E-state index is 13.9. The largest absolute Gasteiger partial charge is 0.385 e. The molecule has 2 heterocycles. The molecule has 0 radical (unpaired) electrons. The van der Waals surface area contributed by atoms with Crippen molar-refractivity contribution in [3.63, 3.8) is 0 Å². The molecule has 0 bridgehead atoms. The van der Waals surface area contributed by atoms with Crippen LogP contribution >= 0.6 is 15.9 Å². The van der Waals surface area contributed by atoms with Crippen molar-refractivity contribution < 1.29 is 9.53 Å². The SMILES string of the molecule is COCCCc1cc(Br)cc(CN(C(=O)[C@@H]2CNCC[C@H]2c2ccn(C)c(=O)c2)C2CC2)c1. The normalized spacial score (nSPS) is 20.6. The summed E-state index contributed by atoms with van der Waals surface area (Å²) in [6.07, 6.45) is 6.74. The van der Waals surface area contributed by atoms with Gasteiger partial charge in [0.25, 0.3) is 5.56 Å². The Bertz CT molecular complexity index is 1030. The van der Waals surface area contributed by atoms with Crippen molar-refractivity contribution in [1.29, 1.82) is 0 Å². The van der Waals surface area contributed by atoms with Gasteiger partial charge in [-0.2, -0.15) is 0 Å². The van der Waals surface area contributed by atoms with Gasteiger partial charge in [-0.1, -0.05) is 22.0 Å². The summed E-state index contributed by atoms with van der Waals surface area (Å²) in [6, 6.07) is 10.5. The molecule has 2 atom stereocenters. The Hall–Kier alpha value is -1.96. The zero-order valence-corrected chi connectivity index (χ0v) is 21.1. The molecule has 178 valence electrons. The van der Waals surface area contributed by atoms with Crippen LogP contribution in [-0.2, 0) is 29.5 Å². The third kappa shape index (κ3) is 6.14. The number of methoxy groups -OCH3 is 1. The van der Waals surface area contributed by atoms with Gasteiger partial charge >= 0.3 is 0 Å². The molecule has 0 unspecified atom stereocenters. The van der Waals surface area contributed by atoms with Crippen molar-refractivity contribution in [2.24, 2.45) is 13.0 Å². The molecule has 1 N–H and O–H groups in total. The van der Waals surface area contributed by atoms with Gasteiger partial charge in [-0.25, -0.2) is 0 Å². The van der Waals surface area contributed by atoms with Crippen LogP contribution in [0.3, 0.4) is 0 Å². The van der Waals surface area contributed by atoms with E-state index in [0.717, 1.165) is 60.9 Å². The standard InChI is InChI=1S/C26H34BrN3O3/c1-29-10-8-20(15-25(29)31)23-7-9-28-16-24(23)26(32)30(22-5-6-22)17-19-12-18(4-3-11-33-2)13-21(27)14-19/h8,10,12-15,22-24,28H,3-7,9,11,16-17H2,1-2H3/t23-,24+/m0/s1. The third-order valence-corrected chi connectivity index (χ3v) is 7.27. The Balaban J connectivity index is 1.54. The highest BCUT2D eigenvalue weighted by Crippen LogP contribution is 2.36. The molecule has 1 amide bonds. The molecule has 1 saturated heterocycles. The lowest BCUT2D eigenvalue weighted by atomic mass is 9.80. The number of amides is 1. The second-order valence-electron chi connectivity index (χ2n) is 9.38. The highest BCUT2D eigenvalue weighted by atomic mass is 79.9. The highest BCUT2D eigenvalue weighted by Gasteiger charge is 2.40. The summed E-state index contributed by atoms with van der Waals surface area (Å²) in [5.74, 6) is 0.122. The van der Waals surface area contributed by atoms with Gasteiger partial charge in [-0.3, -0.25) is 9.59 Å². The predicted molar refractivity (Wildman–Crippen MR) is 133 cm³/mol. The van der Waals surface area contributed by atoms with Crippen LogP contribution in [0, 0.1) is 5.92 Å². The lowest BCUT2D eigenvalue weighted by Gasteiger charge is -2.35. The zero-order valence-electron chi connectivity index (χ0n) is 19.6. The summed E-state index contributed by atoms with van der Waals surface area (Å²) < 4.78 is 7.82. The van der Waals surface area contributed by atoms with Crippen molar-refractivity contribution in [2.45, 2.75) is 50.6 Å². The number of nitrogens with zero attached hydrogens (tertiary/aromatic N) is 2. The van der Waals surface area contributed by atoms with Gasteiger partial charge in [-0.15, -0.1) is 0 Å². The number of aromatic nitrogens is 1. The molecule has 1 aliphatic heterocycles. The van der Waals surface area contributed by atoms with Crippen LogP contribution in [0.1, 0.15) is 48.3 Å². The number of benzene rings is 1. The van der Waals surface area contributed by atoms with Gasteiger partial charge in [0.15, 0.2) is 0 Å². The molecule has 4 rings (SSSR count). The van der Waals surface area contributed by atoms with Crippen molar-refractivity contribution in [1.82, 2.24) is 14.8 Å². The monoisotopic (exact) mass is 515 g/mol. The minimum absolute atomic E-state index is 0.0218. The Morgan fingerprint density at radius 3 is 2.73 bits per heavy atom. The molecule has 6 nitrogen and oxygen atoms in total. The summed E-state index contributed by atoms with van der Waals surface area (Å²) in [7, 11) is 3.49. The van der Waals surface area contributed by atoms with Crippen LogP contribution in [0.15, 0.2) is 45.8 Å². The minimum atomic E-state index is -0.153. The Labute approximate surface area is 204 Å². The number of hydrogen-bond donors (Lipinski definition) is 1. The van der Waals surface area contributed by atoms with E-state index >= 15 is 0 Å². The fraction of sp³-hybridized carbons (Fsp3) is 0.538. The molecule has 0 spiro atoms. The van der Waals surface area contributed by atoms with Crippen molar-refractivity contribution in [2.75, 3.05) is 26.8 Å². The minimum Gasteiger partial charge on any atom is -0.385 e. The molecule has 33 heavy (non-hydrogen) atoms. The molecule has 2 aliphatic rings. The van der Waals surface area contributed by atoms with E-state index in [4.69, 9.17) is 4.74 Å². The molecular formula is C26H34BrN3O3. The maximum Gasteiger partial charge on any atom is 0.250 e. The lowest BCUT2D eigenvalue weighted by molar-refractivity contribution is -0.138. The number of ether oxygens (including phenoxy) is 1. The van der Waals surface area contributed by atoms with Crippen molar-refractivity contribution in [3.8, 4) is 0 Å². The number of nitrogens with one attached hydrogen (secondary N) is 1. The van der Waals surface area contributed by atoms with Gasteiger partial charge < -0.3 is 19.5 Å². The van der Waals surface area contributed by atoms with Crippen LogP contribution < -0.4 is 10.9 Å². The van der Waals surface area contributed by atoms with E-state index in [1.54, 1.807) is 24.8 Å². The smallest absolute Gasteiger partial charge is 0.250 e. The highest BCUT2D eigenvalue weighted by molar-refractivity contribution is 9.10. The van der Waals surface area contributed by atoms with Crippen LogP contribution in [-0.4, -0.2) is 48.2 Å². The van der Waals surface area contributed by atoms with E-state index in [2.05, 4.69) is 44.3 Å². The van der Waals surface area contributed by atoms with E-state index < -0.39 is 0 Å². The van der Waals surface area contributed by atoms with E-state index in [1.807, 2.05) is 12.3 Å². The molecule has 2 fully saturated rings. The van der Waals surface area contributed by atoms with Crippen molar-refractivity contribution >= 4 is 21.8 Å². The van der Waals surface area contributed by atoms with Crippen LogP contribution in [0.2, 0.25) is 0 Å². The first-order chi connectivity index (χ1) is 16.0. The van der Waals surface area contributed by atoms with Crippen molar-refractivity contribution in [3.05, 3.63) is 68.0 Å². The number of piperidine rings is 1. The summed E-state index contributed by atoms with van der Waals surface area (Å²) >= 11 is 3.65. The Kier molecular flexibility index (Phi) is 8.04. The summed E-state index contributed by atoms with van der Waals surface area (Å²) in [5.41, 5.74) is 3.38. The second kappa shape index (κ2) is 11.0. The Morgan fingerprint density at radius 2 is 2.00 bits per heavy atom. The number of hydrogen-bond acceptors (Lipinski definition) is 4. The molecule has 1 aromatic carbocycles. The first-order valence-electron chi connectivity index (χ1n) is 11.9. The second-order valence-corrected chi connectivity index (χ2v) is 10.3. The number of halogens is 1. The third-order valence-electron chi connectivity index (χ3n) is 6.81. The summed E-state index contributed by atoms with van der Waals surface area (Å²) in [6.45, 7) is 2.89. The van der Waals surface area contributed by atoms with E-state index in [9.17, 15) is 9.59 Å². The predicted octanol–water partition coefficient (Wildman–Crippen LogP) is 3.61. The van der Waals surface area contributed by atoms with E-state index in [-0.39, 0.29) is 23.3 Å². The average molecular weight is 516 g/mol. The first-order valence-corrected chi connectivity index (χ1v) is 12.7. The molecular weight excluding hydrogens is 482 g/mol. The van der Waals surface area contributed by atoms with Gasteiger partial charge in [0, 0.05) is 56.6 Å². The van der Waals surface area contributed by atoms with Crippen LogP contribution in [0.5, 0.6) is 0 Å². The number of aryl methyl sites for hydroxylation is 2. The quantitative estimate of drug-likeness (QED) is 0.518. The molecule has 1 saturated carbocycles. The first kappa shape index (κ1) is 24.2. The topological polar surface area (TPSA) is 63.6 Å². The molecule has 1 aliphatic carbocycles. The Morgan fingerprint density at radius 1 is 1.21 bits per heavy atom. The summed E-state index contributed by atoms with van der Waals surface area (Å²) in [4.78, 5) is 28.2. The number of pyridine rings is 1.